The van der Waals surface area contributed by atoms with Gasteiger partial charge in [0.15, 0.2) is 0 Å². The summed E-state index contributed by atoms with van der Waals surface area (Å²) in [6, 6.07) is 8.20. The number of hydrogen-bond donors (Lipinski definition) is 1. The van der Waals surface area contributed by atoms with E-state index in [1.165, 1.54) is 12.1 Å². The summed E-state index contributed by atoms with van der Waals surface area (Å²) in [6.45, 7) is 1.80. The summed E-state index contributed by atoms with van der Waals surface area (Å²) < 4.78 is 2.78. The van der Waals surface area contributed by atoms with Crippen LogP contribution in [0.2, 0.25) is 0 Å². The first kappa shape index (κ1) is 16.1. The van der Waals surface area contributed by atoms with E-state index in [9.17, 15) is 14.9 Å². The molecule has 0 bridgehead atoms. The van der Waals surface area contributed by atoms with Crippen molar-refractivity contribution < 1.29 is 9.72 Å². The molecule has 0 spiro atoms. The molecule has 1 amide bonds. The predicted molar refractivity (Wildman–Crippen MR) is 91.9 cm³/mol. The number of aromatic nitrogens is 2. The normalized spacial score (nSPS) is 10.8. The number of carbonyl (C=O) groups is 1. The highest BCUT2D eigenvalue weighted by Gasteiger charge is 2.17. The first-order valence-electron chi connectivity index (χ1n) is 7.11. The first-order chi connectivity index (χ1) is 11.5. The molecule has 3 aromatic rings. The van der Waals surface area contributed by atoms with Crippen LogP contribution in [-0.4, -0.2) is 20.2 Å². The van der Waals surface area contributed by atoms with Crippen LogP contribution in [0.3, 0.4) is 0 Å². The number of nitro groups is 1. The second kappa shape index (κ2) is 6.40. The summed E-state index contributed by atoms with van der Waals surface area (Å²) in [7, 11) is 0. The van der Waals surface area contributed by atoms with Crippen molar-refractivity contribution >= 4 is 33.2 Å². The molecule has 0 radical (unpaired) electrons. The molecular weight excluding hydrogens is 376 g/mol. The lowest BCUT2D eigenvalue weighted by atomic mass is 10.1. The van der Waals surface area contributed by atoms with Gasteiger partial charge in [-0.1, -0.05) is 6.07 Å². The van der Waals surface area contributed by atoms with E-state index in [0.29, 0.717) is 11.3 Å². The van der Waals surface area contributed by atoms with Crippen LogP contribution in [0.5, 0.6) is 0 Å². The van der Waals surface area contributed by atoms with E-state index in [1.807, 2.05) is 28.9 Å². The van der Waals surface area contributed by atoms with Crippen LogP contribution in [0.15, 0.2) is 47.2 Å². The molecule has 7 nitrogen and oxygen atoms in total. The number of nitrogens with zero attached hydrogens (tertiary/aromatic N) is 3. The maximum atomic E-state index is 12.3. The van der Waals surface area contributed by atoms with E-state index in [-0.39, 0.29) is 23.7 Å². The Morgan fingerprint density at radius 2 is 2.12 bits per heavy atom. The topological polar surface area (TPSA) is 89.5 Å². The number of rotatable bonds is 4. The fourth-order valence-corrected chi connectivity index (χ4v) is 2.79. The Labute approximate surface area is 145 Å². The lowest BCUT2D eigenvalue weighted by Gasteiger charge is -2.06. The minimum atomic E-state index is -0.494. The van der Waals surface area contributed by atoms with Gasteiger partial charge in [0.05, 0.1) is 17.2 Å². The number of fused-ring (bicyclic) bond motifs is 1. The van der Waals surface area contributed by atoms with Crippen molar-refractivity contribution in [3.05, 3.63) is 74.1 Å². The van der Waals surface area contributed by atoms with Gasteiger partial charge in [-0.05, 0) is 41.1 Å². The molecule has 0 aliphatic heterocycles. The number of imidazole rings is 1. The van der Waals surface area contributed by atoms with Crippen LogP contribution in [0, 0.1) is 17.0 Å². The molecule has 1 N–H and O–H groups in total. The van der Waals surface area contributed by atoms with Crippen molar-refractivity contribution in [2.45, 2.75) is 13.5 Å². The van der Waals surface area contributed by atoms with Crippen LogP contribution in [0.25, 0.3) is 5.65 Å². The van der Waals surface area contributed by atoms with Gasteiger partial charge in [-0.3, -0.25) is 14.9 Å². The summed E-state index contributed by atoms with van der Waals surface area (Å²) in [5.41, 5.74) is 2.04. The third kappa shape index (κ3) is 3.13. The van der Waals surface area contributed by atoms with Crippen molar-refractivity contribution in [3.8, 4) is 0 Å². The van der Waals surface area contributed by atoms with Crippen LogP contribution >= 0.6 is 15.9 Å². The quantitative estimate of drug-likeness (QED) is 0.548. The number of nitrogens with one attached hydrogen (secondary N) is 1. The predicted octanol–water partition coefficient (Wildman–Crippen LogP) is 3.24. The number of pyridine rings is 1. The van der Waals surface area contributed by atoms with Crippen molar-refractivity contribution in [3.63, 3.8) is 0 Å². The molecule has 1 aromatic carbocycles. The summed E-state index contributed by atoms with van der Waals surface area (Å²) in [5, 5.41) is 13.7. The van der Waals surface area contributed by atoms with Gasteiger partial charge in [-0.2, -0.15) is 0 Å². The summed E-state index contributed by atoms with van der Waals surface area (Å²) >= 11 is 3.39. The minimum Gasteiger partial charge on any atom is -0.346 e. The molecule has 0 saturated heterocycles. The zero-order chi connectivity index (χ0) is 17.3. The Bertz CT molecular complexity index is 952. The Balaban J connectivity index is 1.77. The fourth-order valence-electron chi connectivity index (χ4n) is 2.44. The molecular formula is C16H13BrN4O3. The molecule has 122 valence electrons. The average molecular weight is 389 g/mol. The van der Waals surface area contributed by atoms with Gasteiger partial charge < -0.3 is 9.72 Å². The molecule has 2 aromatic heterocycles. The second-order valence-electron chi connectivity index (χ2n) is 5.23. The summed E-state index contributed by atoms with van der Waals surface area (Å²) in [5.74, 6) is -0.366. The number of amides is 1. The molecule has 0 unspecified atom stereocenters. The van der Waals surface area contributed by atoms with Crippen molar-refractivity contribution in [2.75, 3.05) is 0 Å². The van der Waals surface area contributed by atoms with Gasteiger partial charge in [0, 0.05) is 34.1 Å². The number of hydrogen-bond acceptors (Lipinski definition) is 4. The van der Waals surface area contributed by atoms with E-state index in [2.05, 4.69) is 26.2 Å². The monoisotopic (exact) mass is 388 g/mol. The molecule has 0 atom stereocenters. The summed E-state index contributed by atoms with van der Waals surface area (Å²) in [6.07, 6.45) is 3.69. The maximum Gasteiger partial charge on any atom is 0.273 e. The van der Waals surface area contributed by atoms with Gasteiger partial charge in [-0.25, -0.2) is 4.98 Å². The smallest absolute Gasteiger partial charge is 0.273 e. The lowest BCUT2D eigenvalue weighted by molar-refractivity contribution is -0.385. The van der Waals surface area contributed by atoms with Crippen LogP contribution in [-0.2, 0) is 6.54 Å². The van der Waals surface area contributed by atoms with Gasteiger partial charge in [0.2, 0.25) is 0 Å². The second-order valence-corrected chi connectivity index (χ2v) is 6.15. The third-order valence-corrected chi connectivity index (χ3v) is 4.11. The maximum absolute atomic E-state index is 12.3. The van der Waals surface area contributed by atoms with Crippen LogP contribution in [0.4, 0.5) is 5.69 Å². The third-order valence-electron chi connectivity index (χ3n) is 3.64. The zero-order valence-corrected chi connectivity index (χ0v) is 14.3. The Kier molecular flexibility index (Phi) is 4.30. The standard InChI is InChI=1S/C16H13BrN4O3/c1-10-13(3-2-4-14(10)21(23)24)16(22)18-7-12-9-20-8-11(17)5-6-15(20)19-12/h2-6,8-9H,7H2,1H3,(H,18,22). The van der Waals surface area contributed by atoms with E-state index in [1.54, 1.807) is 13.0 Å². The highest BCUT2D eigenvalue weighted by Crippen LogP contribution is 2.21. The van der Waals surface area contributed by atoms with E-state index >= 15 is 0 Å². The summed E-state index contributed by atoms with van der Waals surface area (Å²) in [4.78, 5) is 27.2. The number of halogens is 1. The molecule has 0 saturated carbocycles. The van der Waals surface area contributed by atoms with Gasteiger partial charge in [0.1, 0.15) is 5.65 Å². The SMILES string of the molecule is Cc1c(C(=O)NCc2cn3cc(Br)ccc3n2)cccc1[N+](=O)[O-]. The lowest BCUT2D eigenvalue weighted by Crippen LogP contribution is -2.24. The largest absolute Gasteiger partial charge is 0.346 e. The molecule has 0 aliphatic carbocycles. The molecule has 2 heterocycles. The average Bonchev–Trinajstić information content (AvgIpc) is 2.94. The number of nitro benzene ring substituents is 1. The molecule has 8 heteroatoms. The van der Waals surface area contributed by atoms with Crippen LogP contribution in [0.1, 0.15) is 21.6 Å². The van der Waals surface area contributed by atoms with Gasteiger partial charge in [-0.15, -0.1) is 0 Å². The highest BCUT2D eigenvalue weighted by atomic mass is 79.9. The fraction of sp³-hybridized carbons (Fsp3) is 0.125. The van der Waals surface area contributed by atoms with Crippen molar-refractivity contribution in [2.24, 2.45) is 0 Å². The van der Waals surface area contributed by atoms with Crippen molar-refractivity contribution in [1.29, 1.82) is 0 Å². The van der Waals surface area contributed by atoms with Gasteiger partial charge in [0.25, 0.3) is 11.6 Å². The molecule has 24 heavy (non-hydrogen) atoms. The van der Waals surface area contributed by atoms with Crippen molar-refractivity contribution in [1.82, 2.24) is 14.7 Å². The number of benzene rings is 1. The van der Waals surface area contributed by atoms with E-state index in [4.69, 9.17) is 0 Å². The Morgan fingerprint density at radius 3 is 2.88 bits per heavy atom. The Morgan fingerprint density at radius 1 is 1.33 bits per heavy atom. The molecule has 3 rings (SSSR count). The highest BCUT2D eigenvalue weighted by molar-refractivity contribution is 9.10. The Hall–Kier alpha value is -2.74. The minimum absolute atomic E-state index is 0.0692. The van der Waals surface area contributed by atoms with Gasteiger partial charge >= 0.3 is 0 Å². The van der Waals surface area contributed by atoms with E-state index < -0.39 is 4.92 Å². The molecule has 0 aliphatic rings. The molecule has 0 fully saturated rings. The van der Waals surface area contributed by atoms with Crippen LogP contribution < -0.4 is 5.32 Å². The van der Waals surface area contributed by atoms with E-state index in [0.717, 1.165) is 10.1 Å². The zero-order valence-electron chi connectivity index (χ0n) is 12.7. The first-order valence-corrected chi connectivity index (χ1v) is 7.90. The number of carbonyl (C=O) groups excluding carboxylic acids is 1.